The number of rotatable bonds is 17. The Labute approximate surface area is 285 Å². The number of amides is 2. The lowest BCUT2D eigenvalue weighted by Gasteiger charge is -2.32. The molecule has 1 aromatic heterocycles. The van der Waals surface area contributed by atoms with Gasteiger partial charge >= 0.3 is 12.2 Å². The van der Waals surface area contributed by atoms with Gasteiger partial charge in [0.2, 0.25) is 0 Å². The smallest absolute Gasteiger partial charge is 0.358 e. The summed E-state index contributed by atoms with van der Waals surface area (Å²) in [7, 11) is 0. The molecular formula is C41H54F3N3O. The topological polar surface area (TPSA) is 48.1 Å². The molecule has 0 aliphatic rings. The van der Waals surface area contributed by atoms with Crippen LogP contribution < -0.4 is 5.32 Å². The maximum Gasteiger partial charge on any atom is 0.417 e. The van der Waals surface area contributed by atoms with Gasteiger partial charge in [0, 0.05) is 41.6 Å². The molecule has 2 amide bonds. The first kappa shape index (κ1) is 37.1. The molecule has 2 N–H and O–H groups in total. The largest absolute Gasteiger partial charge is 0.417 e. The Bertz CT molecular complexity index is 1600. The summed E-state index contributed by atoms with van der Waals surface area (Å²) in [5.74, 6) is 0. The minimum atomic E-state index is -4.44. The van der Waals surface area contributed by atoms with Crippen molar-refractivity contribution in [3.05, 3.63) is 94.7 Å². The highest BCUT2D eigenvalue weighted by molar-refractivity contribution is 5.86. The van der Waals surface area contributed by atoms with Gasteiger partial charge in [-0.1, -0.05) is 115 Å². The van der Waals surface area contributed by atoms with Crippen molar-refractivity contribution in [1.29, 1.82) is 0 Å². The van der Waals surface area contributed by atoms with Crippen molar-refractivity contribution in [2.24, 2.45) is 0 Å². The molecule has 0 fully saturated rings. The van der Waals surface area contributed by atoms with Crippen LogP contribution in [-0.2, 0) is 31.0 Å². The second kappa shape index (κ2) is 17.1. The first-order valence-corrected chi connectivity index (χ1v) is 18.0. The lowest BCUT2D eigenvalue weighted by Crippen LogP contribution is -2.41. The van der Waals surface area contributed by atoms with Gasteiger partial charge in [-0.15, -0.1) is 0 Å². The highest BCUT2D eigenvalue weighted by Gasteiger charge is 2.34. The van der Waals surface area contributed by atoms with E-state index in [2.05, 4.69) is 63.1 Å². The van der Waals surface area contributed by atoms with E-state index in [9.17, 15) is 18.0 Å². The van der Waals surface area contributed by atoms with Crippen LogP contribution in [0.2, 0.25) is 0 Å². The van der Waals surface area contributed by atoms with E-state index in [1.165, 1.54) is 28.8 Å². The van der Waals surface area contributed by atoms with E-state index in [0.29, 0.717) is 31.6 Å². The van der Waals surface area contributed by atoms with Gasteiger partial charge in [-0.2, -0.15) is 13.2 Å². The third-order valence-electron chi connectivity index (χ3n) is 10.1. The number of nitrogens with one attached hydrogen (secondary N) is 2. The normalized spacial score (nSPS) is 12.1. The summed E-state index contributed by atoms with van der Waals surface area (Å²) in [6, 6.07) is 19.3. The number of carbonyl (C=O) groups excluding carboxylic acids is 1. The number of unbranched alkanes of at least 4 members (excludes halogenated alkanes) is 3. The van der Waals surface area contributed by atoms with Crippen LogP contribution in [0.15, 0.2) is 66.7 Å². The Kier molecular flexibility index (Phi) is 13.2. The molecule has 4 nitrogen and oxygen atoms in total. The number of H-pyrrole nitrogens is 1. The van der Waals surface area contributed by atoms with Gasteiger partial charge in [-0.3, -0.25) is 0 Å². The number of alkyl halides is 3. The zero-order chi connectivity index (χ0) is 34.7. The standard InChI is InChI=1S/C41H54F3N3O/c1-6-11-12-15-26-45-39(48)47(29-31-18-21-32(22-19-31)34-16-13-14-17-36(34)41(42,43)44)27-24-30-20-23-35-33(8-3)38(46-37(35)28-30)40(9-4,10-5)25-7-2/h13-14,16-23,28,46H,6-12,15,24-27,29H2,1-5H3,(H,45,48). The van der Waals surface area contributed by atoms with E-state index >= 15 is 0 Å². The Balaban J connectivity index is 1.55. The molecule has 48 heavy (non-hydrogen) atoms. The Morgan fingerprint density at radius 3 is 2.19 bits per heavy atom. The van der Waals surface area contributed by atoms with E-state index < -0.39 is 11.7 Å². The minimum absolute atomic E-state index is 0.121. The number of nitrogens with zero attached hydrogens (tertiary/aromatic N) is 1. The lowest BCUT2D eigenvalue weighted by atomic mass is 9.74. The van der Waals surface area contributed by atoms with Gasteiger partial charge < -0.3 is 15.2 Å². The molecule has 0 spiro atoms. The molecular weight excluding hydrogens is 607 g/mol. The third kappa shape index (κ3) is 8.83. The van der Waals surface area contributed by atoms with Crippen LogP contribution in [-0.4, -0.2) is 29.0 Å². The summed E-state index contributed by atoms with van der Waals surface area (Å²) in [4.78, 5) is 19.1. The Morgan fingerprint density at radius 2 is 1.54 bits per heavy atom. The number of aryl methyl sites for hydroxylation is 1. The van der Waals surface area contributed by atoms with E-state index in [1.807, 2.05) is 17.0 Å². The van der Waals surface area contributed by atoms with Gasteiger partial charge in [0.25, 0.3) is 0 Å². The van der Waals surface area contributed by atoms with Gasteiger partial charge in [-0.05, 0) is 78.5 Å². The van der Waals surface area contributed by atoms with Crippen molar-refractivity contribution in [3.8, 4) is 11.1 Å². The first-order chi connectivity index (χ1) is 23.1. The molecule has 0 unspecified atom stereocenters. The molecule has 0 saturated heterocycles. The number of hydrogen-bond donors (Lipinski definition) is 2. The maximum absolute atomic E-state index is 13.7. The molecule has 0 radical (unpaired) electrons. The van der Waals surface area contributed by atoms with Crippen LogP contribution >= 0.6 is 0 Å². The minimum Gasteiger partial charge on any atom is -0.358 e. The number of aromatic nitrogens is 1. The number of fused-ring (bicyclic) bond motifs is 1. The Hall–Kier alpha value is -3.74. The van der Waals surface area contributed by atoms with Crippen molar-refractivity contribution in [2.75, 3.05) is 13.1 Å². The second-order valence-corrected chi connectivity index (χ2v) is 13.2. The fourth-order valence-electron chi connectivity index (χ4n) is 7.21. The van der Waals surface area contributed by atoms with Gasteiger partial charge in [0.15, 0.2) is 0 Å². The number of aromatic amines is 1. The maximum atomic E-state index is 13.7. The third-order valence-corrected chi connectivity index (χ3v) is 10.1. The molecule has 7 heteroatoms. The van der Waals surface area contributed by atoms with Crippen LogP contribution in [0, 0.1) is 0 Å². The van der Waals surface area contributed by atoms with Gasteiger partial charge in [0.05, 0.1) is 5.56 Å². The molecule has 0 aliphatic heterocycles. The van der Waals surface area contributed by atoms with Crippen LogP contribution in [0.25, 0.3) is 22.0 Å². The molecule has 3 aromatic carbocycles. The molecule has 0 atom stereocenters. The quantitative estimate of drug-likeness (QED) is 0.109. The summed E-state index contributed by atoms with van der Waals surface area (Å²) >= 11 is 0. The predicted octanol–water partition coefficient (Wildman–Crippen LogP) is 11.6. The number of carbonyl (C=O) groups is 1. The van der Waals surface area contributed by atoms with E-state index in [0.717, 1.165) is 80.5 Å². The number of benzene rings is 3. The molecule has 0 bridgehead atoms. The lowest BCUT2D eigenvalue weighted by molar-refractivity contribution is -0.137. The molecule has 4 aromatic rings. The van der Waals surface area contributed by atoms with Crippen molar-refractivity contribution < 1.29 is 18.0 Å². The summed E-state index contributed by atoms with van der Waals surface area (Å²) in [5, 5.41) is 4.39. The van der Waals surface area contributed by atoms with E-state index in [-0.39, 0.29) is 17.0 Å². The summed E-state index contributed by atoms with van der Waals surface area (Å²) in [6.45, 7) is 12.8. The second-order valence-electron chi connectivity index (χ2n) is 13.2. The molecule has 0 aliphatic carbocycles. The average molecular weight is 662 g/mol. The van der Waals surface area contributed by atoms with Crippen molar-refractivity contribution in [2.45, 2.75) is 117 Å². The average Bonchev–Trinajstić information content (AvgIpc) is 3.47. The van der Waals surface area contributed by atoms with Crippen molar-refractivity contribution in [3.63, 3.8) is 0 Å². The summed E-state index contributed by atoms with van der Waals surface area (Å²) < 4.78 is 41.0. The molecule has 260 valence electrons. The van der Waals surface area contributed by atoms with Crippen LogP contribution in [0.4, 0.5) is 18.0 Å². The highest BCUT2D eigenvalue weighted by atomic mass is 19.4. The Morgan fingerprint density at radius 1 is 0.833 bits per heavy atom. The van der Waals surface area contributed by atoms with E-state index in [4.69, 9.17) is 0 Å². The highest BCUT2D eigenvalue weighted by Crippen LogP contribution is 2.41. The molecule has 0 saturated carbocycles. The van der Waals surface area contributed by atoms with Crippen LogP contribution in [0.3, 0.4) is 0 Å². The fraction of sp³-hybridized carbons (Fsp3) is 0.488. The molecule has 1 heterocycles. The molecule has 4 rings (SSSR count). The number of hydrogen-bond acceptors (Lipinski definition) is 1. The zero-order valence-electron chi connectivity index (χ0n) is 29.5. The van der Waals surface area contributed by atoms with Crippen molar-refractivity contribution >= 4 is 16.9 Å². The first-order valence-electron chi connectivity index (χ1n) is 18.0. The summed E-state index contributed by atoms with van der Waals surface area (Å²) in [6.07, 6.45) is 6.01. The van der Waals surface area contributed by atoms with Crippen LogP contribution in [0.5, 0.6) is 0 Å². The SMILES string of the molecule is CCCCCCNC(=O)N(CCc1ccc2c(CC)c(C(CC)(CC)CCC)[nH]c2c1)Cc1ccc(-c2ccccc2C(F)(F)F)cc1. The number of halogens is 3. The monoisotopic (exact) mass is 661 g/mol. The van der Waals surface area contributed by atoms with Crippen LogP contribution in [0.1, 0.15) is 114 Å². The summed E-state index contributed by atoms with van der Waals surface area (Å²) in [5.41, 5.74) is 6.13. The number of urea groups is 1. The van der Waals surface area contributed by atoms with E-state index in [1.54, 1.807) is 18.2 Å². The van der Waals surface area contributed by atoms with Crippen molar-refractivity contribution in [1.82, 2.24) is 15.2 Å². The zero-order valence-corrected chi connectivity index (χ0v) is 29.5. The van der Waals surface area contributed by atoms with Gasteiger partial charge in [-0.25, -0.2) is 4.79 Å². The predicted molar refractivity (Wildman–Crippen MR) is 193 cm³/mol. The fourth-order valence-corrected chi connectivity index (χ4v) is 7.21. The van der Waals surface area contributed by atoms with Gasteiger partial charge in [0.1, 0.15) is 0 Å².